The number of carbonyl (C=O) groups excluding carboxylic acids is 2. The van der Waals surface area contributed by atoms with E-state index in [4.69, 9.17) is 5.73 Å². The first-order valence-electron chi connectivity index (χ1n) is 9.06. The number of hydrogen-bond acceptors (Lipinski definition) is 6. The summed E-state index contributed by atoms with van der Waals surface area (Å²) in [6.45, 7) is 4.22. The van der Waals surface area contributed by atoms with Crippen molar-refractivity contribution in [2.24, 2.45) is 17.1 Å². The van der Waals surface area contributed by atoms with Gasteiger partial charge in [0.1, 0.15) is 11.2 Å². The molecule has 3 N–H and O–H groups in total. The van der Waals surface area contributed by atoms with Crippen LogP contribution in [0, 0.1) is 22.7 Å². The van der Waals surface area contributed by atoms with Crippen molar-refractivity contribution in [3.8, 4) is 6.07 Å². The lowest BCUT2D eigenvalue weighted by molar-refractivity contribution is -0.124. The number of hydrogen-bond donors (Lipinski definition) is 2. The summed E-state index contributed by atoms with van der Waals surface area (Å²) in [5.74, 6) is 0.123. The Bertz CT molecular complexity index is 934. The first-order valence-corrected chi connectivity index (χ1v) is 9.06. The third kappa shape index (κ3) is 3.64. The number of nitrogens with one attached hydrogen (secondary N) is 1. The second kappa shape index (κ2) is 7.64. The van der Waals surface area contributed by atoms with Crippen LogP contribution in [-0.4, -0.2) is 28.3 Å². The van der Waals surface area contributed by atoms with Gasteiger partial charge in [-0.15, -0.1) is 0 Å². The van der Waals surface area contributed by atoms with Crippen LogP contribution >= 0.6 is 0 Å². The minimum absolute atomic E-state index is 0.0756. The van der Waals surface area contributed by atoms with Crippen LogP contribution < -0.4 is 16.0 Å². The van der Waals surface area contributed by atoms with E-state index in [1.54, 1.807) is 41.4 Å². The first kappa shape index (κ1) is 19.3. The largest absolute Gasteiger partial charge is 0.369 e. The molecule has 2 amide bonds. The predicted molar refractivity (Wildman–Crippen MR) is 105 cm³/mol. The van der Waals surface area contributed by atoms with Crippen molar-refractivity contribution in [2.75, 3.05) is 16.8 Å². The minimum atomic E-state index is -1.01. The highest BCUT2D eigenvalue weighted by molar-refractivity contribution is 6.01. The normalized spacial score (nSPS) is 18.9. The van der Waals surface area contributed by atoms with Crippen LogP contribution in [0.3, 0.4) is 0 Å². The molecule has 28 heavy (non-hydrogen) atoms. The number of rotatable bonds is 6. The minimum Gasteiger partial charge on any atom is -0.369 e. The van der Waals surface area contributed by atoms with Crippen molar-refractivity contribution in [2.45, 2.75) is 26.7 Å². The zero-order chi connectivity index (χ0) is 20.3. The maximum Gasteiger partial charge on any atom is 0.248 e. The zero-order valence-corrected chi connectivity index (χ0v) is 15.8. The molecule has 1 aromatic heterocycles. The Morgan fingerprint density at radius 1 is 1.36 bits per heavy atom. The molecular weight excluding hydrogens is 356 g/mol. The molecular formula is C20H22N6O2. The number of benzene rings is 1. The van der Waals surface area contributed by atoms with Crippen molar-refractivity contribution in [3.05, 3.63) is 42.1 Å². The van der Waals surface area contributed by atoms with E-state index in [-0.39, 0.29) is 24.2 Å². The molecule has 0 spiro atoms. The SMILES string of the molecule is CC(C)C1(C#N)CCN(c2ccnc(Nc3ccc(CC(N)=O)cc3)n2)C1=O. The molecule has 0 radical (unpaired) electrons. The topological polar surface area (TPSA) is 125 Å². The lowest BCUT2D eigenvalue weighted by atomic mass is 9.77. The van der Waals surface area contributed by atoms with Crippen LogP contribution in [-0.2, 0) is 16.0 Å². The number of aromatic nitrogens is 2. The summed E-state index contributed by atoms with van der Waals surface area (Å²) < 4.78 is 0. The Hall–Kier alpha value is -3.47. The van der Waals surface area contributed by atoms with Gasteiger partial charge < -0.3 is 11.1 Å². The van der Waals surface area contributed by atoms with E-state index < -0.39 is 5.41 Å². The molecule has 2 heterocycles. The Kier molecular flexibility index (Phi) is 5.27. The van der Waals surface area contributed by atoms with Crippen molar-refractivity contribution in [1.29, 1.82) is 5.26 Å². The Morgan fingerprint density at radius 2 is 2.07 bits per heavy atom. The maximum atomic E-state index is 12.9. The molecule has 0 saturated carbocycles. The fraction of sp³-hybridized carbons (Fsp3) is 0.350. The highest BCUT2D eigenvalue weighted by Crippen LogP contribution is 2.40. The molecule has 1 fully saturated rings. The molecule has 8 nitrogen and oxygen atoms in total. The zero-order valence-electron chi connectivity index (χ0n) is 15.8. The van der Waals surface area contributed by atoms with Gasteiger partial charge in [0.2, 0.25) is 17.8 Å². The molecule has 2 aromatic rings. The van der Waals surface area contributed by atoms with Crippen LogP contribution in [0.4, 0.5) is 17.5 Å². The Labute approximate surface area is 163 Å². The van der Waals surface area contributed by atoms with Crippen LogP contribution in [0.25, 0.3) is 0 Å². The van der Waals surface area contributed by atoms with Gasteiger partial charge in [-0.25, -0.2) is 4.98 Å². The maximum absolute atomic E-state index is 12.9. The van der Waals surface area contributed by atoms with E-state index in [2.05, 4.69) is 21.4 Å². The fourth-order valence-corrected chi connectivity index (χ4v) is 3.32. The highest BCUT2D eigenvalue weighted by atomic mass is 16.2. The number of carbonyl (C=O) groups is 2. The van der Waals surface area contributed by atoms with Crippen LogP contribution in [0.2, 0.25) is 0 Å². The average Bonchev–Trinajstić information content (AvgIpc) is 3.01. The first-order chi connectivity index (χ1) is 13.4. The van der Waals surface area contributed by atoms with Crippen LogP contribution in [0.5, 0.6) is 0 Å². The summed E-state index contributed by atoms with van der Waals surface area (Å²) in [6.07, 6.45) is 2.23. The molecule has 1 unspecified atom stereocenters. The summed E-state index contributed by atoms with van der Waals surface area (Å²) in [5.41, 5.74) is 5.75. The Morgan fingerprint density at radius 3 is 2.64 bits per heavy atom. The van der Waals surface area contributed by atoms with Gasteiger partial charge in [-0.2, -0.15) is 10.2 Å². The lowest BCUT2D eigenvalue weighted by Gasteiger charge is -2.24. The quantitative estimate of drug-likeness (QED) is 0.793. The fourth-order valence-electron chi connectivity index (χ4n) is 3.32. The summed E-state index contributed by atoms with van der Waals surface area (Å²) in [4.78, 5) is 34.0. The third-order valence-electron chi connectivity index (χ3n) is 5.05. The molecule has 1 saturated heterocycles. The summed E-state index contributed by atoms with van der Waals surface area (Å²) in [6, 6.07) is 11.1. The van der Waals surface area contributed by atoms with E-state index in [9.17, 15) is 14.9 Å². The smallest absolute Gasteiger partial charge is 0.248 e. The predicted octanol–water partition coefficient (Wildman–Crippen LogP) is 2.15. The molecule has 1 aliphatic rings. The number of primary amides is 1. The van der Waals surface area contributed by atoms with Crippen molar-refractivity contribution < 1.29 is 9.59 Å². The number of nitrogens with zero attached hydrogens (tertiary/aromatic N) is 4. The number of nitriles is 1. The van der Waals surface area contributed by atoms with Gasteiger partial charge in [-0.1, -0.05) is 26.0 Å². The molecule has 3 rings (SSSR count). The monoisotopic (exact) mass is 378 g/mol. The summed E-state index contributed by atoms with van der Waals surface area (Å²) in [5, 5.41) is 12.7. The van der Waals surface area contributed by atoms with Gasteiger partial charge in [-0.3, -0.25) is 14.5 Å². The molecule has 0 aliphatic carbocycles. The molecule has 144 valence electrons. The van der Waals surface area contributed by atoms with Gasteiger partial charge in [0, 0.05) is 18.4 Å². The van der Waals surface area contributed by atoms with Crippen molar-refractivity contribution in [1.82, 2.24) is 9.97 Å². The van der Waals surface area contributed by atoms with Gasteiger partial charge in [0.15, 0.2) is 0 Å². The van der Waals surface area contributed by atoms with Crippen molar-refractivity contribution in [3.63, 3.8) is 0 Å². The van der Waals surface area contributed by atoms with E-state index >= 15 is 0 Å². The number of amides is 2. The molecule has 8 heteroatoms. The van der Waals surface area contributed by atoms with Gasteiger partial charge in [0.05, 0.1) is 12.5 Å². The number of nitrogens with two attached hydrogens (primary N) is 1. The second-order valence-electron chi connectivity index (χ2n) is 7.15. The van der Waals surface area contributed by atoms with Gasteiger partial charge in [0.25, 0.3) is 0 Å². The molecule has 0 bridgehead atoms. The molecule has 1 aromatic carbocycles. The Balaban J connectivity index is 1.77. The number of anilines is 3. The molecule has 1 atom stereocenters. The second-order valence-corrected chi connectivity index (χ2v) is 7.15. The average molecular weight is 378 g/mol. The van der Waals surface area contributed by atoms with E-state index in [0.29, 0.717) is 24.7 Å². The van der Waals surface area contributed by atoms with E-state index in [1.807, 2.05) is 13.8 Å². The summed E-state index contributed by atoms with van der Waals surface area (Å²) in [7, 11) is 0. The third-order valence-corrected chi connectivity index (χ3v) is 5.05. The van der Waals surface area contributed by atoms with Gasteiger partial charge in [-0.05, 0) is 36.1 Å². The van der Waals surface area contributed by atoms with Gasteiger partial charge >= 0.3 is 0 Å². The van der Waals surface area contributed by atoms with Crippen LogP contribution in [0.15, 0.2) is 36.5 Å². The molecule has 1 aliphatic heterocycles. The van der Waals surface area contributed by atoms with E-state index in [0.717, 1.165) is 11.3 Å². The van der Waals surface area contributed by atoms with Crippen molar-refractivity contribution >= 4 is 29.3 Å². The standard InChI is InChI=1S/C20H22N6O2/c1-13(2)20(12-21)8-10-26(18(20)28)17-7-9-23-19(25-17)24-15-5-3-14(4-6-15)11-16(22)27/h3-7,9,13H,8,10-11H2,1-2H3,(H2,22,27)(H,23,24,25). The summed E-state index contributed by atoms with van der Waals surface area (Å²) >= 11 is 0. The highest BCUT2D eigenvalue weighted by Gasteiger charge is 2.50. The van der Waals surface area contributed by atoms with Crippen LogP contribution in [0.1, 0.15) is 25.8 Å². The lowest BCUT2D eigenvalue weighted by Crippen LogP contribution is -2.37. The van der Waals surface area contributed by atoms with E-state index in [1.165, 1.54) is 0 Å².